The first kappa shape index (κ1) is 11.0. The van der Waals surface area contributed by atoms with Gasteiger partial charge in [0.15, 0.2) is 0 Å². The molecule has 2 rings (SSSR count). The highest BCUT2D eigenvalue weighted by molar-refractivity contribution is 6.30. The van der Waals surface area contributed by atoms with E-state index in [0.29, 0.717) is 29.0 Å². The maximum atomic E-state index is 5.73. The van der Waals surface area contributed by atoms with Crippen molar-refractivity contribution in [1.29, 1.82) is 0 Å². The lowest BCUT2D eigenvalue weighted by Gasteiger charge is -1.95. The SMILES string of the molecule is CCNCc1nnc(-c2ccc(Cl)cn2)o1. The first-order chi connectivity index (χ1) is 7.79. The summed E-state index contributed by atoms with van der Waals surface area (Å²) in [5.41, 5.74) is 0.625. The number of aromatic nitrogens is 3. The molecule has 16 heavy (non-hydrogen) atoms. The normalized spacial score (nSPS) is 10.6. The lowest BCUT2D eigenvalue weighted by molar-refractivity contribution is 0.481. The zero-order chi connectivity index (χ0) is 11.4. The van der Waals surface area contributed by atoms with Crippen molar-refractivity contribution >= 4 is 11.6 Å². The van der Waals surface area contributed by atoms with Crippen LogP contribution in [0, 0.1) is 0 Å². The Morgan fingerprint density at radius 1 is 1.38 bits per heavy atom. The number of pyridine rings is 1. The van der Waals surface area contributed by atoms with Gasteiger partial charge in [-0.05, 0) is 18.7 Å². The highest BCUT2D eigenvalue weighted by atomic mass is 35.5. The molecule has 0 spiro atoms. The summed E-state index contributed by atoms with van der Waals surface area (Å²) in [5, 5.41) is 11.5. The topological polar surface area (TPSA) is 63.8 Å². The fourth-order valence-corrected chi connectivity index (χ4v) is 1.27. The van der Waals surface area contributed by atoms with Crippen molar-refractivity contribution in [2.24, 2.45) is 0 Å². The van der Waals surface area contributed by atoms with Crippen LogP contribution in [-0.4, -0.2) is 21.7 Å². The molecule has 5 nitrogen and oxygen atoms in total. The van der Waals surface area contributed by atoms with E-state index in [1.54, 1.807) is 18.3 Å². The van der Waals surface area contributed by atoms with Crippen molar-refractivity contribution in [3.8, 4) is 11.6 Å². The third-order valence-electron chi connectivity index (χ3n) is 1.94. The van der Waals surface area contributed by atoms with E-state index in [2.05, 4.69) is 20.5 Å². The number of nitrogens with zero attached hydrogens (tertiary/aromatic N) is 3. The summed E-state index contributed by atoms with van der Waals surface area (Å²) in [6.07, 6.45) is 1.55. The van der Waals surface area contributed by atoms with Crippen LogP contribution in [0.15, 0.2) is 22.7 Å². The highest BCUT2D eigenvalue weighted by Crippen LogP contribution is 2.16. The van der Waals surface area contributed by atoms with Crippen LogP contribution in [0.2, 0.25) is 5.02 Å². The van der Waals surface area contributed by atoms with Gasteiger partial charge in [0.05, 0.1) is 11.6 Å². The summed E-state index contributed by atoms with van der Waals surface area (Å²) in [7, 11) is 0. The van der Waals surface area contributed by atoms with Crippen LogP contribution in [-0.2, 0) is 6.54 Å². The summed E-state index contributed by atoms with van der Waals surface area (Å²) >= 11 is 5.73. The molecule has 0 aliphatic heterocycles. The van der Waals surface area contributed by atoms with Crippen molar-refractivity contribution < 1.29 is 4.42 Å². The summed E-state index contributed by atoms with van der Waals surface area (Å²) in [6.45, 7) is 3.44. The molecule has 0 saturated heterocycles. The van der Waals surface area contributed by atoms with E-state index in [4.69, 9.17) is 16.0 Å². The second kappa shape index (κ2) is 5.05. The molecule has 0 atom stereocenters. The average molecular weight is 239 g/mol. The molecule has 0 unspecified atom stereocenters. The van der Waals surface area contributed by atoms with E-state index < -0.39 is 0 Å². The van der Waals surface area contributed by atoms with Crippen molar-refractivity contribution in [3.05, 3.63) is 29.2 Å². The predicted octanol–water partition coefficient (Wildman–Crippen LogP) is 1.89. The molecule has 0 fully saturated rings. The summed E-state index contributed by atoms with van der Waals surface area (Å²) in [5.74, 6) is 0.957. The monoisotopic (exact) mass is 238 g/mol. The minimum Gasteiger partial charge on any atom is -0.418 e. The number of nitrogens with one attached hydrogen (secondary N) is 1. The quantitative estimate of drug-likeness (QED) is 0.881. The number of hydrogen-bond donors (Lipinski definition) is 1. The molecule has 6 heteroatoms. The molecule has 0 amide bonds. The predicted molar refractivity (Wildman–Crippen MR) is 59.9 cm³/mol. The zero-order valence-electron chi connectivity index (χ0n) is 8.77. The van der Waals surface area contributed by atoms with Crippen molar-refractivity contribution in [3.63, 3.8) is 0 Å². The Morgan fingerprint density at radius 3 is 2.94 bits per heavy atom. The van der Waals surface area contributed by atoms with E-state index in [0.717, 1.165) is 6.54 Å². The first-order valence-electron chi connectivity index (χ1n) is 4.94. The van der Waals surface area contributed by atoms with Gasteiger partial charge in [0.1, 0.15) is 5.69 Å². The second-order valence-corrected chi connectivity index (χ2v) is 3.58. The Bertz CT molecular complexity index is 454. The lowest BCUT2D eigenvalue weighted by Crippen LogP contribution is -2.11. The minimum atomic E-state index is 0.407. The zero-order valence-corrected chi connectivity index (χ0v) is 9.53. The molecule has 0 aromatic carbocycles. The van der Waals surface area contributed by atoms with E-state index >= 15 is 0 Å². The van der Waals surface area contributed by atoms with Crippen LogP contribution < -0.4 is 5.32 Å². The smallest absolute Gasteiger partial charge is 0.266 e. The minimum absolute atomic E-state index is 0.407. The molecular weight excluding hydrogens is 228 g/mol. The van der Waals surface area contributed by atoms with E-state index in [-0.39, 0.29) is 0 Å². The number of halogens is 1. The van der Waals surface area contributed by atoms with Crippen molar-refractivity contribution in [2.45, 2.75) is 13.5 Å². The largest absolute Gasteiger partial charge is 0.418 e. The van der Waals surface area contributed by atoms with Crippen LogP contribution in [0.5, 0.6) is 0 Å². The molecule has 0 bridgehead atoms. The maximum Gasteiger partial charge on any atom is 0.266 e. The molecule has 2 aromatic heterocycles. The highest BCUT2D eigenvalue weighted by Gasteiger charge is 2.08. The Balaban J connectivity index is 2.15. The van der Waals surface area contributed by atoms with Gasteiger partial charge in [0.2, 0.25) is 5.89 Å². The van der Waals surface area contributed by atoms with Crippen molar-refractivity contribution in [2.75, 3.05) is 6.54 Å². The van der Waals surface area contributed by atoms with Gasteiger partial charge in [-0.3, -0.25) is 0 Å². The third-order valence-corrected chi connectivity index (χ3v) is 2.16. The molecule has 2 aromatic rings. The van der Waals surface area contributed by atoms with Gasteiger partial charge >= 0.3 is 0 Å². The summed E-state index contributed by atoms with van der Waals surface area (Å²) in [6, 6.07) is 3.48. The van der Waals surface area contributed by atoms with Gasteiger partial charge in [-0.1, -0.05) is 18.5 Å². The van der Waals surface area contributed by atoms with Gasteiger partial charge in [0, 0.05) is 6.20 Å². The fourth-order valence-electron chi connectivity index (χ4n) is 1.16. The average Bonchev–Trinajstić information content (AvgIpc) is 2.76. The molecule has 0 aliphatic rings. The molecule has 0 radical (unpaired) electrons. The Morgan fingerprint density at radius 2 is 2.25 bits per heavy atom. The molecule has 0 aliphatic carbocycles. The summed E-state index contributed by atoms with van der Waals surface area (Å²) < 4.78 is 5.42. The van der Waals surface area contributed by atoms with E-state index in [1.807, 2.05) is 6.92 Å². The Kier molecular flexibility index (Phi) is 3.48. The lowest BCUT2D eigenvalue weighted by atomic mass is 10.3. The Labute approximate surface area is 97.9 Å². The van der Waals surface area contributed by atoms with E-state index in [1.165, 1.54) is 0 Å². The van der Waals surface area contributed by atoms with Gasteiger partial charge in [0.25, 0.3) is 5.89 Å². The standard InChI is InChI=1S/C10H11ClN4O/c1-2-12-6-9-14-15-10(16-9)8-4-3-7(11)5-13-8/h3-5,12H,2,6H2,1H3. The van der Waals surface area contributed by atoms with Crippen molar-refractivity contribution in [1.82, 2.24) is 20.5 Å². The molecule has 84 valence electrons. The van der Waals surface area contributed by atoms with Crippen LogP contribution in [0.4, 0.5) is 0 Å². The fraction of sp³-hybridized carbons (Fsp3) is 0.300. The molecule has 2 heterocycles. The number of hydrogen-bond acceptors (Lipinski definition) is 5. The number of rotatable bonds is 4. The van der Waals surface area contributed by atoms with Crippen LogP contribution in [0.25, 0.3) is 11.6 Å². The van der Waals surface area contributed by atoms with Gasteiger partial charge in [-0.2, -0.15) is 0 Å². The third kappa shape index (κ3) is 2.56. The van der Waals surface area contributed by atoms with Crippen LogP contribution in [0.3, 0.4) is 0 Å². The van der Waals surface area contributed by atoms with Crippen LogP contribution >= 0.6 is 11.6 Å². The second-order valence-electron chi connectivity index (χ2n) is 3.14. The molecule has 1 N–H and O–H groups in total. The summed E-state index contributed by atoms with van der Waals surface area (Å²) in [4.78, 5) is 4.09. The van der Waals surface area contributed by atoms with Gasteiger partial charge < -0.3 is 9.73 Å². The van der Waals surface area contributed by atoms with Gasteiger partial charge in [-0.25, -0.2) is 4.98 Å². The molecule has 0 saturated carbocycles. The maximum absolute atomic E-state index is 5.73. The van der Waals surface area contributed by atoms with Gasteiger partial charge in [-0.15, -0.1) is 10.2 Å². The van der Waals surface area contributed by atoms with E-state index in [9.17, 15) is 0 Å². The molecular formula is C10H11ClN4O. The van der Waals surface area contributed by atoms with Crippen LogP contribution in [0.1, 0.15) is 12.8 Å². The Hall–Kier alpha value is -1.46. The first-order valence-corrected chi connectivity index (χ1v) is 5.32.